The Kier molecular flexibility index (Phi) is 6.00. The Morgan fingerprint density at radius 2 is 1.66 bits per heavy atom. The third-order valence-corrected chi connectivity index (χ3v) is 6.80. The van der Waals surface area contributed by atoms with E-state index in [1.165, 1.54) is 0 Å². The average Bonchev–Trinajstić information content (AvgIpc) is 2.89. The molecule has 3 aromatic carbocycles. The number of anilines is 1. The molecule has 5 nitrogen and oxygen atoms in total. The summed E-state index contributed by atoms with van der Waals surface area (Å²) in [6.07, 6.45) is 1.90. The van der Waals surface area contributed by atoms with Gasteiger partial charge in [-0.05, 0) is 49.6 Å². The third kappa shape index (κ3) is 4.03. The van der Waals surface area contributed by atoms with E-state index < -0.39 is 5.92 Å². The Bertz CT molecular complexity index is 1340. The Morgan fingerprint density at radius 1 is 0.971 bits per heavy atom. The Hall–Kier alpha value is -4.12. The van der Waals surface area contributed by atoms with Crippen molar-refractivity contribution in [3.05, 3.63) is 112 Å². The van der Waals surface area contributed by atoms with Crippen LogP contribution in [-0.2, 0) is 4.79 Å². The van der Waals surface area contributed by atoms with Gasteiger partial charge in [0.15, 0.2) is 5.78 Å². The number of rotatable bonds is 4. The summed E-state index contributed by atoms with van der Waals surface area (Å²) in [6, 6.07) is 24.8. The maximum absolute atomic E-state index is 13.5. The zero-order valence-electron chi connectivity index (χ0n) is 19.9. The molecule has 1 atom stereocenters. The minimum absolute atomic E-state index is 0.0154. The molecule has 3 aromatic rings. The van der Waals surface area contributed by atoms with Gasteiger partial charge in [0, 0.05) is 40.4 Å². The molecule has 35 heavy (non-hydrogen) atoms. The first-order valence-electron chi connectivity index (χ1n) is 11.8. The maximum atomic E-state index is 13.5. The van der Waals surface area contributed by atoms with Crippen LogP contribution in [0.2, 0.25) is 0 Å². The van der Waals surface area contributed by atoms with Gasteiger partial charge in [0.2, 0.25) is 0 Å². The number of allylic oxidation sites excluding steroid dienone is 2. The first kappa shape index (κ1) is 22.7. The van der Waals surface area contributed by atoms with Crippen LogP contribution >= 0.6 is 0 Å². The van der Waals surface area contributed by atoms with Crippen LogP contribution in [0.25, 0.3) is 5.76 Å². The number of nitrogens with zero attached hydrogens (tertiary/aromatic N) is 1. The molecule has 1 unspecified atom stereocenters. The normalized spacial score (nSPS) is 19.5. The quantitative estimate of drug-likeness (QED) is 0.429. The molecule has 0 spiro atoms. The van der Waals surface area contributed by atoms with Gasteiger partial charge in [0.05, 0.1) is 7.11 Å². The van der Waals surface area contributed by atoms with E-state index >= 15 is 0 Å². The fourth-order valence-electron chi connectivity index (χ4n) is 5.05. The lowest BCUT2D eigenvalue weighted by molar-refractivity contribution is -0.116. The molecular weight excluding hydrogens is 436 g/mol. The molecule has 0 radical (unpaired) electrons. The van der Waals surface area contributed by atoms with Crippen molar-refractivity contribution in [1.82, 2.24) is 0 Å². The summed E-state index contributed by atoms with van der Waals surface area (Å²) in [4.78, 5) is 15.3. The summed E-state index contributed by atoms with van der Waals surface area (Å²) in [5.74, 6) is 0.431. The maximum Gasteiger partial charge on any atom is 0.161 e. The summed E-state index contributed by atoms with van der Waals surface area (Å²) in [5, 5.41) is 21.0. The second kappa shape index (κ2) is 9.26. The largest absolute Gasteiger partial charge is 0.507 e. The number of hydrogen-bond donors (Lipinski definition) is 2. The predicted octanol–water partition coefficient (Wildman–Crippen LogP) is 6.56. The van der Waals surface area contributed by atoms with E-state index in [4.69, 9.17) is 4.74 Å². The van der Waals surface area contributed by atoms with E-state index in [1.807, 2.05) is 90.7 Å². The molecule has 0 saturated carbocycles. The molecule has 176 valence electrons. The Morgan fingerprint density at radius 3 is 2.31 bits per heavy atom. The molecule has 5 rings (SSSR count). The first-order chi connectivity index (χ1) is 17.0. The number of nitrogens with one attached hydrogen (secondary N) is 1. The van der Waals surface area contributed by atoms with Crippen LogP contribution in [0.3, 0.4) is 0 Å². The average molecular weight is 465 g/mol. The topological polar surface area (TPSA) is 73.6 Å². The van der Waals surface area contributed by atoms with Crippen LogP contribution in [0.1, 0.15) is 41.9 Å². The van der Waals surface area contributed by atoms with Crippen molar-refractivity contribution in [2.75, 3.05) is 12.0 Å². The number of ketones is 1. The number of ether oxygens (including phenoxy) is 1. The van der Waals surface area contributed by atoms with Crippen LogP contribution in [0.15, 0.2) is 95.7 Å². The zero-order valence-corrected chi connectivity index (χ0v) is 19.9. The molecule has 0 aromatic heterocycles. The molecule has 0 bridgehead atoms. The molecule has 1 heterocycles. The van der Waals surface area contributed by atoms with Gasteiger partial charge in [-0.3, -0.25) is 15.1 Å². The van der Waals surface area contributed by atoms with Gasteiger partial charge in [-0.25, -0.2) is 0 Å². The number of hydrogen-bond acceptors (Lipinski definition) is 4. The van der Waals surface area contributed by atoms with E-state index in [0.29, 0.717) is 35.3 Å². The van der Waals surface area contributed by atoms with Crippen molar-refractivity contribution in [2.45, 2.75) is 32.1 Å². The molecule has 1 aliphatic heterocycles. The monoisotopic (exact) mass is 464 g/mol. The number of amidine groups is 1. The van der Waals surface area contributed by atoms with Crippen molar-refractivity contribution in [1.29, 1.82) is 5.41 Å². The van der Waals surface area contributed by atoms with Crippen molar-refractivity contribution in [3.8, 4) is 5.75 Å². The number of methoxy groups -OCH3 is 1. The van der Waals surface area contributed by atoms with Crippen molar-refractivity contribution in [2.24, 2.45) is 0 Å². The Labute approximate surface area is 205 Å². The second-order valence-corrected chi connectivity index (χ2v) is 8.99. The van der Waals surface area contributed by atoms with E-state index in [1.54, 1.807) is 7.11 Å². The number of carbonyl (C=O) groups excluding carboxylic acids is 1. The number of aliphatic hydroxyl groups is 1. The molecule has 2 aliphatic rings. The van der Waals surface area contributed by atoms with Crippen LogP contribution in [-0.4, -0.2) is 23.8 Å². The fraction of sp³-hybridized carbons (Fsp3) is 0.200. The van der Waals surface area contributed by atoms with E-state index in [-0.39, 0.29) is 17.4 Å². The Balaban J connectivity index is 1.81. The lowest BCUT2D eigenvalue weighted by Crippen LogP contribution is -2.42. The van der Waals surface area contributed by atoms with E-state index in [0.717, 1.165) is 28.9 Å². The zero-order chi connectivity index (χ0) is 24.5. The summed E-state index contributed by atoms with van der Waals surface area (Å²) < 4.78 is 5.34. The molecule has 5 heteroatoms. The van der Waals surface area contributed by atoms with Crippen molar-refractivity contribution < 1.29 is 14.6 Å². The summed E-state index contributed by atoms with van der Waals surface area (Å²) in [6.45, 7) is 1.99. The van der Waals surface area contributed by atoms with Crippen LogP contribution in [0.5, 0.6) is 5.75 Å². The summed E-state index contributed by atoms with van der Waals surface area (Å²) >= 11 is 0. The highest BCUT2D eigenvalue weighted by molar-refractivity contribution is 6.19. The van der Waals surface area contributed by atoms with Gasteiger partial charge in [-0.1, -0.05) is 60.2 Å². The first-order valence-corrected chi connectivity index (χ1v) is 11.8. The van der Waals surface area contributed by atoms with E-state index in [2.05, 4.69) is 0 Å². The highest BCUT2D eigenvalue weighted by Gasteiger charge is 2.43. The number of benzene rings is 3. The molecule has 1 aliphatic carbocycles. The number of aliphatic hydroxyl groups excluding tert-OH is 1. The van der Waals surface area contributed by atoms with Crippen molar-refractivity contribution in [3.63, 3.8) is 0 Å². The van der Waals surface area contributed by atoms with Crippen LogP contribution < -0.4 is 9.64 Å². The number of para-hydroxylation sites is 1. The second-order valence-electron chi connectivity index (χ2n) is 8.99. The highest BCUT2D eigenvalue weighted by atomic mass is 16.5. The third-order valence-electron chi connectivity index (χ3n) is 6.80. The standard InChI is InChI=1S/C30H28N2O3/c1-19-11-13-21(14-12-19)29(34)28-26(20-15-17-23(35-2)18-16-20)27-24(9-6-10-25(27)33)32(30(28)31)22-7-4-3-5-8-22/h3-5,7-8,11-18,26,31,34H,6,9-10H2,1-2H3/b29-28+,31-30?. The highest BCUT2D eigenvalue weighted by Crippen LogP contribution is 2.48. The molecule has 2 N–H and O–H groups in total. The lowest BCUT2D eigenvalue weighted by atomic mass is 9.73. The molecule has 0 fully saturated rings. The number of Topliss-reactive ketones (excluding diaryl/α,β-unsaturated/α-hetero) is 1. The van der Waals surface area contributed by atoms with Gasteiger partial charge in [-0.15, -0.1) is 0 Å². The molecule has 0 saturated heterocycles. The molecule has 0 amide bonds. The lowest BCUT2D eigenvalue weighted by Gasteiger charge is -2.41. The van der Waals surface area contributed by atoms with Gasteiger partial charge in [-0.2, -0.15) is 0 Å². The summed E-state index contributed by atoms with van der Waals surface area (Å²) in [7, 11) is 1.61. The SMILES string of the molecule is COc1ccc(C2C3=C(CCCC3=O)N(c3ccccc3)C(=N)/C2=C(/O)c2ccc(C)cc2)cc1. The predicted molar refractivity (Wildman–Crippen MR) is 139 cm³/mol. The minimum Gasteiger partial charge on any atom is -0.507 e. The van der Waals surface area contributed by atoms with Gasteiger partial charge >= 0.3 is 0 Å². The van der Waals surface area contributed by atoms with Crippen molar-refractivity contribution >= 4 is 23.1 Å². The number of aryl methyl sites for hydroxylation is 1. The van der Waals surface area contributed by atoms with Gasteiger partial charge in [0.25, 0.3) is 0 Å². The van der Waals surface area contributed by atoms with E-state index in [9.17, 15) is 15.3 Å². The minimum atomic E-state index is -0.544. The van der Waals surface area contributed by atoms with Crippen LogP contribution in [0, 0.1) is 12.3 Å². The van der Waals surface area contributed by atoms with Gasteiger partial charge in [0.1, 0.15) is 17.3 Å². The summed E-state index contributed by atoms with van der Waals surface area (Å²) in [5.41, 5.74) is 5.29. The smallest absolute Gasteiger partial charge is 0.161 e. The molecular formula is C30H28N2O3. The fourth-order valence-corrected chi connectivity index (χ4v) is 5.05. The number of carbonyl (C=O) groups is 1. The van der Waals surface area contributed by atoms with Crippen LogP contribution in [0.4, 0.5) is 5.69 Å². The van der Waals surface area contributed by atoms with Gasteiger partial charge < -0.3 is 9.84 Å².